The first-order chi connectivity index (χ1) is 19.4. The fourth-order valence-corrected chi connectivity index (χ4v) is 11.6. The van der Waals surface area contributed by atoms with Crippen molar-refractivity contribution in [3.8, 4) is 0 Å². The number of hydrogen-bond donors (Lipinski definition) is 0. The van der Waals surface area contributed by atoms with Crippen molar-refractivity contribution >= 4 is 26.7 Å². The van der Waals surface area contributed by atoms with Gasteiger partial charge in [0.2, 0.25) is 0 Å². The molecule has 0 N–H and O–H groups in total. The third-order valence-electron chi connectivity index (χ3n) is 7.51. The first-order valence-corrected chi connectivity index (χ1v) is 18.3. The monoisotopic (exact) mass is 656 g/mol. The van der Waals surface area contributed by atoms with Gasteiger partial charge in [0.15, 0.2) is 0 Å². The minimum atomic E-state index is -0.710. The zero-order chi connectivity index (χ0) is 31.3. The standard InChI is InChI=1S/C33H49N2P2.C5H5.Fe/c1-30(2,3)26-21-24(22-36(27-17-13-15-19-34-27)28-18-14-16-20-35-28)25(29(26)31(4,5)6)23-37(32(7,8)9)33(10,11)12;1-2-4-5-3-1;/h13-21H,22-23H2,1-12H3;1-5H;/q2*-1;+2. The minimum Gasteiger partial charge on any atom is -0.256 e. The van der Waals surface area contributed by atoms with E-state index in [1.807, 2.05) is 54.9 Å². The van der Waals surface area contributed by atoms with Crippen LogP contribution in [-0.2, 0) is 40.2 Å². The Morgan fingerprint density at radius 1 is 0.674 bits per heavy atom. The zero-order valence-corrected chi connectivity index (χ0v) is 31.5. The minimum absolute atomic E-state index is 0. The molecule has 0 saturated heterocycles. The summed E-state index contributed by atoms with van der Waals surface area (Å²) < 4.78 is 0. The second kappa shape index (κ2) is 15.1. The number of aromatic nitrogens is 2. The summed E-state index contributed by atoms with van der Waals surface area (Å²) in [5.41, 5.74) is 8.68. The normalized spacial score (nSPS) is 12.6. The van der Waals surface area contributed by atoms with E-state index < -0.39 is 7.92 Å². The number of pyridine rings is 2. The molecule has 4 aromatic rings. The van der Waals surface area contributed by atoms with Crippen molar-refractivity contribution in [3.05, 3.63) is 107 Å². The van der Waals surface area contributed by atoms with Gasteiger partial charge in [0.25, 0.3) is 0 Å². The maximum Gasteiger partial charge on any atom is 2.00 e. The topological polar surface area (TPSA) is 25.8 Å². The van der Waals surface area contributed by atoms with E-state index in [9.17, 15) is 0 Å². The molecule has 2 nitrogen and oxygen atoms in total. The van der Waals surface area contributed by atoms with Crippen LogP contribution >= 0.6 is 15.8 Å². The van der Waals surface area contributed by atoms with Crippen LogP contribution in [0.5, 0.6) is 0 Å². The summed E-state index contributed by atoms with van der Waals surface area (Å²) in [6.07, 6.45) is 6.00. The molecule has 0 radical (unpaired) electrons. The Morgan fingerprint density at radius 3 is 1.49 bits per heavy atom. The van der Waals surface area contributed by atoms with Crippen LogP contribution in [0.15, 0.2) is 85.2 Å². The summed E-state index contributed by atoms with van der Waals surface area (Å²) in [4.78, 5) is 9.68. The van der Waals surface area contributed by atoms with Crippen molar-refractivity contribution in [1.29, 1.82) is 0 Å². The summed E-state index contributed by atoms with van der Waals surface area (Å²) in [6.45, 7) is 29.0. The Morgan fingerprint density at radius 2 is 1.16 bits per heavy atom. The van der Waals surface area contributed by atoms with Crippen molar-refractivity contribution in [1.82, 2.24) is 9.97 Å². The quantitative estimate of drug-likeness (QED) is 0.117. The Bertz CT molecular complexity index is 1280. The van der Waals surface area contributed by atoms with E-state index in [4.69, 9.17) is 9.97 Å². The van der Waals surface area contributed by atoms with E-state index in [0.29, 0.717) is 0 Å². The molecule has 0 saturated carbocycles. The molecule has 0 aliphatic carbocycles. The van der Waals surface area contributed by atoms with Crippen LogP contribution in [0.3, 0.4) is 0 Å². The molecule has 2 aromatic carbocycles. The number of rotatable bonds is 6. The molecule has 0 fully saturated rings. The molecule has 0 amide bonds. The van der Waals surface area contributed by atoms with Crippen LogP contribution < -0.4 is 10.9 Å². The molecular weight excluding hydrogens is 602 g/mol. The van der Waals surface area contributed by atoms with Gasteiger partial charge in [-0.1, -0.05) is 115 Å². The SMILES string of the molecule is CC(C)(C)c1cc(CP(c2ccccn2)c2ccccn2)c(CP(C(C)(C)C)C(C)(C)C)[c-]1C(C)(C)C.[Fe+2].c1cc[cH-]c1. The number of nitrogens with zero attached hydrogens (tertiary/aromatic N) is 2. The van der Waals surface area contributed by atoms with Crippen molar-refractivity contribution < 1.29 is 17.1 Å². The molecule has 0 atom stereocenters. The second-order valence-electron chi connectivity index (χ2n) is 15.3. The third kappa shape index (κ3) is 10.5. The van der Waals surface area contributed by atoms with Gasteiger partial charge in [0, 0.05) is 12.4 Å². The fraction of sp³-hybridized carbons (Fsp3) is 0.474. The van der Waals surface area contributed by atoms with Crippen LogP contribution in [0.2, 0.25) is 0 Å². The van der Waals surface area contributed by atoms with Gasteiger partial charge in [-0.3, -0.25) is 9.97 Å². The molecule has 4 rings (SSSR count). The largest absolute Gasteiger partial charge is 2.00 e. The van der Waals surface area contributed by atoms with Gasteiger partial charge in [0.05, 0.1) is 10.9 Å². The molecule has 2 heterocycles. The van der Waals surface area contributed by atoms with Gasteiger partial charge in [-0.25, -0.2) is 18.2 Å². The van der Waals surface area contributed by atoms with E-state index >= 15 is 0 Å². The van der Waals surface area contributed by atoms with Gasteiger partial charge >= 0.3 is 17.1 Å². The van der Waals surface area contributed by atoms with Crippen LogP contribution in [0.1, 0.15) is 105 Å². The van der Waals surface area contributed by atoms with Crippen molar-refractivity contribution in [3.63, 3.8) is 0 Å². The van der Waals surface area contributed by atoms with E-state index in [1.54, 1.807) is 11.1 Å². The first kappa shape index (κ1) is 37.6. The van der Waals surface area contributed by atoms with Crippen molar-refractivity contribution in [2.45, 2.75) is 117 Å². The second-order valence-corrected chi connectivity index (χ2v) is 21.2. The summed E-state index contributed by atoms with van der Waals surface area (Å²) in [7, 11) is -0.989. The van der Waals surface area contributed by atoms with Gasteiger partial charge < -0.3 is 0 Å². The molecule has 0 spiro atoms. The van der Waals surface area contributed by atoms with E-state index in [-0.39, 0.29) is 46.1 Å². The first-order valence-electron chi connectivity index (χ1n) is 15.3. The zero-order valence-electron chi connectivity index (χ0n) is 28.6. The molecule has 2 aromatic heterocycles. The summed E-state index contributed by atoms with van der Waals surface area (Å²) in [5.74, 6) is 0. The van der Waals surface area contributed by atoms with Crippen LogP contribution in [-0.4, -0.2) is 20.3 Å². The van der Waals surface area contributed by atoms with Crippen molar-refractivity contribution in [2.75, 3.05) is 0 Å². The van der Waals surface area contributed by atoms with E-state index in [1.165, 1.54) is 11.1 Å². The fourth-order valence-electron chi connectivity index (χ4n) is 5.86. The molecule has 0 aliphatic heterocycles. The molecule has 0 unspecified atom stereocenters. The predicted molar refractivity (Wildman–Crippen MR) is 190 cm³/mol. The molecule has 0 bridgehead atoms. The molecule has 43 heavy (non-hydrogen) atoms. The molecule has 5 heteroatoms. The summed E-state index contributed by atoms with van der Waals surface area (Å²) >= 11 is 0. The van der Waals surface area contributed by atoms with E-state index in [2.05, 4.69) is 113 Å². The van der Waals surface area contributed by atoms with Crippen LogP contribution in [0.4, 0.5) is 0 Å². The molecule has 0 aliphatic rings. The average Bonchev–Trinajstić information content (AvgIpc) is 3.57. The van der Waals surface area contributed by atoms with Gasteiger partial charge in [0.1, 0.15) is 0 Å². The maximum atomic E-state index is 4.84. The summed E-state index contributed by atoms with van der Waals surface area (Å²) in [5, 5.41) is 0.539. The Labute approximate surface area is 276 Å². The maximum absolute atomic E-state index is 4.84. The smallest absolute Gasteiger partial charge is 0.256 e. The Balaban J connectivity index is 0.000000973. The van der Waals surface area contributed by atoms with Gasteiger partial charge in [-0.15, -0.1) is 5.56 Å². The average molecular weight is 657 g/mol. The summed E-state index contributed by atoms with van der Waals surface area (Å²) in [6, 6.07) is 25.2. The Hall–Kier alpha value is -1.62. The van der Waals surface area contributed by atoms with Crippen LogP contribution in [0, 0.1) is 0 Å². The Kier molecular flexibility index (Phi) is 13.2. The predicted octanol–water partition coefficient (Wildman–Crippen LogP) is 10.4. The van der Waals surface area contributed by atoms with Crippen molar-refractivity contribution in [2.24, 2.45) is 0 Å². The number of hydrogen-bond acceptors (Lipinski definition) is 2. The third-order valence-corrected chi connectivity index (χ3v) is 13.7. The van der Waals surface area contributed by atoms with Gasteiger partial charge in [-0.2, -0.15) is 34.9 Å². The molecule has 234 valence electrons. The van der Waals surface area contributed by atoms with Gasteiger partial charge in [-0.05, 0) is 54.1 Å². The van der Waals surface area contributed by atoms with E-state index in [0.717, 1.165) is 23.2 Å². The van der Waals surface area contributed by atoms with Crippen LogP contribution in [0.25, 0.3) is 0 Å². The molecular formula is C38H54FeN2P2.